The number of carbonyl (C=O) groups excluding carboxylic acids is 1. The molecule has 0 aliphatic rings. The highest BCUT2D eigenvalue weighted by Gasteiger charge is 2.20. The second-order valence-electron chi connectivity index (χ2n) is 7.39. The van der Waals surface area contributed by atoms with Crippen LogP contribution >= 0.6 is 0 Å². The predicted octanol–water partition coefficient (Wildman–Crippen LogP) is 2.78. The standard InChI is InChI=1S/C23H17N7O5/c24-21-20(28-35-29-21)22-26-16-6-1-2-7-17(16)30(22)12-19(31)27-25-11-15-8-9-18(34-15)13-4-3-5-14(10-13)23(32)33/h1-11H,12H2,(H2,24,29)(H,27,31)(H,32,33)/b25-11+. The van der Waals surface area contributed by atoms with Gasteiger partial charge in [-0.15, -0.1) is 0 Å². The number of furan rings is 1. The maximum absolute atomic E-state index is 12.6. The van der Waals surface area contributed by atoms with Gasteiger partial charge < -0.3 is 19.8 Å². The maximum atomic E-state index is 12.6. The van der Waals surface area contributed by atoms with Gasteiger partial charge in [-0.1, -0.05) is 24.3 Å². The average molecular weight is 471 g/mol. The van der Waals surface area contributed by atoms with E-state index in [9.17, 15) is 9.59 Å². The summed E-state index contributed by atoms with van der Waals surface area (Å²) >= 11 is 0. The Bertz CT molecular complexity index is 1580. The Hall–Kier alpha value is -5.26. The minimum absolute atomic E-state index is 0.0579. The van der Waals surface area contributed by atoms with Gasteiger partial charge in [0.2, 0.25) is 0 Å². The van der Waals surface area contributed by atoms with Crippen molar-refractivity contribution in [3.05, 3.63) is 72.0 Å². The topological polar surface area (TPSA) is 175 Å². The first-order chi connectivity index (χ1) is 17.0. The van der Waals surface area contributed by atoms with Crippen molar-refractivity contribution in [2.75, 3.05) is 5.73 Å². The zero-order valence-corrected chi connectivity index (χ0v) is 18.0. The molecule has 12 nitrogen and oxygen atoms in total. The quantitative estimate of drug-likeness (QED) is 0.238. The van der Waals surface area contributed by atoms with Crippen LogP contribution in [0.2, 0.25) is 0 Å². The van der Waals surface area contributed by atoms with E-state index in [2.05, 4.69) is 30.5 Å². The summed E-state index contributed by atoms with van der Waals surface area (Å²) in [5.74, 6) is -0.225. The fourth-order valence-corrected chi connectivity index (χ4v) is 3.50. The van der Waals surface area contributed by atoms with Crippen LogP contribution in [0.3, 0.4) is 0 Å². The molecule has 0 saturated heterocycles. The Kier molecular flexibility index (Phi) is 5.51. The highest BCUT2D eigenvalue weighted by atomic mass is 16.6. The first kappa shape index (κ1) is 21.6. The van der Waals surface area contributed by atoms with Crippen molar-refractivity contribution in [1.29, 1.82) is 0 Å². The monoisotopic (exact) mass is 471 g/mol. The lowest BCUT2D eigenvalue weighted by Crippen LogP contribution is -2.23. The van der Waals surface area contributed by atoms with Crippen molar-refractivity contribution in [3.63, 3.8) is 0 Å². The normalized spacial score (nSPS) is 11.3. The maximum Gasteiger partial charge on any atom is 0.335 e. The van der Waals surface area contributed by atoms with Gasteiger partial charge in [0.15, 0.2) is 17.3 Å². The molecule has 5 aromatic rings. The lowest BCUT2D eigenvalue weighted by Gasteiger charge is -2.06. The summed E-state index contributed by atoms with van der Waals surface area (Å²) in [5, 5.41) is 20.5. The number of amides is 1. The molecule has 0 spiro atoms. The van der Waals surface area contributed by atoms with Gasteiger partial charge in [0.1, 0.15) is 18.1 Å². The summed E-state index contributed by atoms with van der Waals surface area (Å²) in [4.78, 5) is 28.3. The van der Waals surface area contributed by atoms with Crippen molar-refractivity contribution in [1.82, 2.24) is 25.3 Å². The molecule has 5 rings (SSSR count). The Balaban J connectivity index is 1.31. The summed E-state index contributed by atoms with van der Waals surface area (Å²) in [5.41, 5.74) is 10.6. The molecule has 0 saturated carbocycles. The predicted molar refractivity (Wildman–Crippen MR) is 124 cm³/mol. The van der Waals surface area contributed by atoms with Gasteiger partial charge in [-0.05, 0) is 46.7 Å². The number of carboxylic acid groups (broad SMARTS) is 1. The second-order valence-corrected chi connectivity index (χ2v) is 7.39. The number of rotatable bonds is 7. The van der Waals surface area contributed by atoms with E-state index in [-0.39, 0.29) is 23.6 Å². The number of nitrogens with zero attached hydrogens (tertiary/aromatic N) is 5. The van der Waals surface area contributed by atoms with E-state index in [0.29, 0.717) is 33.9 Å². The number of hydrogen-bond donors (Lipinski definition) is 3. The molecule has 0 fully saturated rings. The van der Waals surface area contributed by atoms with E-state index >= 15 is 0 Å². The summed E-state index contributed by atoms with van der Waals surface area (Å²) in [6, 6.07) is 17.0. The molecule has 2 aromatic carbocycles. The Morgan fingerprint density at radius 3 is 2.77 bits per heavy atom. The number of nitrogens with one attached hydrogen (secondary N) is 1. The second kappa shape index (κ2) is 8.94. The Labute approximate surface area is 196 Å². The summed E-state index contributed by atoms with van der Waals surface area (Å²) in [6.07, 6.45) is 1.34. The number of aromatic carboxylic acids is 1. The summed E-state index contributed by atoms with van der Waals surface area (Å²) in [6.45, 7) is -0.120. The first-order valence-electron chi connectivity index (χ1n) is 10.3. The van der Waals surface area contributed by atoms with Crippen LogP contribution < -0.4 is 11.2 Å². The highest BCUT2D eigenvalue weighted by molar-refractivity contribution is 5.89. The van der Waals surface area contributed by atoms with Crippen molar-refractivity contribution in [2.24, 2.45) is 5.10 Å². The van der Waals surface area contributed by atoms with E-state index in [1.807, 2.05) is 18.2 Å². The molecule has 0 radical (unpaired) electrons. The molecule has 1 amide bonds. The van der Waals surface area contributed by atoms with E-state index < -0.39 is 11.9 Å². The number of hydrogen-bond acceptors (Lipinski definition) is 9. The van der Waals surface area contributed by atoms with Crippen LogP contribution in [0.5, 0.6) is 0 Å². The number of nitrogen functional groups attached to an aromatic ring is 1. The molecule has 0 unspecified atom stereocenters. The molecule has 3 aromatic heterocycles. The molecule has 0 bridgehead atoms. The smallest absolute Gasteiger partial charge is 0.335 e. The Morgan fingerprint density at radius 1 is 1.11 bits per heavy atom. The lowest BCUT2D eigenvalue weighted by atomic mass is 10.1. The Morgan fingerprint density at radius 2 is 1.97 bits per heavy atom. The number of benzene rings is 2. The number of imidazole rings is 1. The molecule has 4 N–H and O–H groups in total. The molecule has 0 aliphatic carbocycles. The zero-order valence-electron chi connectivity index (χ0n) is 18.0. The zero-order chi connectivity index (χ0) is 24.4. The van der Waals surface area contributed by atoms with Gasteiger partial charge in [-0.25, -0.2) is 19.8 Å². The number of aromatic nitrogens is 4. The van der Waals surface area contributed by atoms with Crippen molar-refractivity contribution < 1.29 is 23.7 Å². The van der Waals surface area contributed by atoms with Gasteiger partial charge in [-0.2, -0.15) is 5.10 Å². The van der Waals surface area contributed by atoms with Crippen LogP contribution in [0.1, 0.15) is 16.1 Å². The molecule has 3 heterocycles. The SMILES string of the molecule is Nc1nonc1-c1nc2ccccc2n1CC(=O)N/N=C/c1ccc(-c2cccc(C(=O)O)c2)o1. The highest BCUT2D eigenvalue weighted by Crippen LogP contribution is 2.26. The van der Waals surface area contributed by atoms with Crippen LogP contribution in [-0.2, 0) is 11.3 Å². The van der Waals surface area contributed by atoms with Crippen LogP contribution in [0.25, 0.3) is 33.9 Å². The average Bonchev–Trinajstić information content (AvgIpc) is 3.58. The largest absolute Gasteiger partial charge is 0.478 e. The van der Waals surface area contributed by atoms with Crippen LogP contribution in [0.15, 0.2) is 74.8 Å². The van der Waals surface area contributed by atoms with E-state index in [0.717, 1.165) is 0 Å². The van der Waals surface area contributed by atoms with Crippen LogP contribution in [-0.4, -0.2) is 43.1 Å². The first-order valence-corrected chi connectivity index (χ1v) is 10.3. The van der Waals surface area contributed by atoms with E-state index in [1.54, 1.807) is 34.9 Å². The van der Waals surface area contributed by atoms with Crippen molar-refractivity contribution in [2.45, 2.75) is 6.54 Å². The van der Waals surface area contributed by atoms with Crippen LogP contribution in [0.4, 0.5) is 5.82 Å². The molecule has 0 aliphatic heterocycles. The number of carbonyl (C=O) groups is 2. The number of hydrazone groups is 1. The molecular formula is C23H17N7O5. The molecule has 12 heteroatoms. The number of fused-ring (bicyclic) bond motifs is 1. The third-order valence-corrected chi connectivity index (χ3v) is 5.08. The molecule has 0 atom stereocenters. The number of para-hydroxylation sites is 2. The van der Waals surface area contributed by atoms with Crippen LogP contribution in [0, 0.1) is 0 Å². The van der Waals surface area contributed by atoms with Crippen molar-refractivity contribution >= 4 is 34.9 Å². The van der Waals surface area contributed by atoms with Gasteiger partial charge in [-0.3, -0.25) is 4.79 Å². The molecular weight excluding hydrogens is 454 g/mol. The van der Waals surface area contributed by atoms with Gasteiger partial charge in [0.25, 0.3) is 5.91 Å². The minimum atomic E-state index is -1.03. The fourth-order valence-electron chi connectivity index (χ4n) is 3.50. The third kappa shape index (κ3) is 4.35. The number of nitrogens with two attached hydrogens (primary N) is 1. The molecule has 35 heavy (non-hydrogen) atoms. The van der Waals surface area contributed by atoms with E-state index in [1.165, 1.54) is 18.3 Å². The van der Waals surface area contributed by atoms with Gasteiger partial charge in [0.05, 0.1) is 22.8 Å². The van der Waals surface area contributed by atoms with E-state index in [4.69, 9.17) is 15.3 Å². The lowest BCUT2D eigenvalue weighted by molar-refractivity contribution is -0.121. The van der Waals surface area contributed by atoms with Crippen molar-refractivity contribution in [3.8, 4) is 22.8 Å². The molecule has 174 valence electrons. The third-order valence-electron chi connectivity index (χ3n) is 5.08. The summed E-state index contributed by atoms with van der Waals surface area (Å²) < 4.78 is 12.0. The minimum Gasteiger partial charge on any atom is -0.478 e. The fraction of sp³-hybridized carbons (Fsp3) is 0.0435. The number of anilines is 1. The van der Waals surface area contributed by atoms with Gasteiger partial charge >= 0.3 is 5.97 Å². The van der Waals surface area contributed by atoms with Gasteiger partial charge in [0, 0.05) is 5.56 Å². The number of carboxylic acids is 1. The summed E-state index contributed by atoms with van der Waals surface area (Å²) in [7, 11) is 0.